The van der Waals surface area contributed by atoms with Gasteiger partial charge in [0.1, 0.15) is 5.82 Å². The average molecular weight is 362 g/mol. The van der Waals surface area contributed by atoms with E-state index in [9.17, 15) is 9.18 Å². The zero-order chi connectivity index (χ0) is 17.1. The van der Waals surface area contributed by atoms with E-state index in [2.05, 4.69) is 15.5 Å². The number of nitrogens with one attached hydrogen (secondary N) is 1. The van der Waals surface area contributed by atoms with Gasteiger partial charge in [0, 0.05) is 10.6 Å². The molecule has 3 rings (SSSR count). The molecule has 124 valence electrons. The van der Waals surface area contributed by atoms with Crippen LogP contribution in [0.3, 0.4) is 0 Å². The Hall–Kier alpha value is -2.19. The molecule has 0 fully saturated rings. The molecule has 2 aromatic heterocycles. The molecule has 1 amide bonds. The van der Waals surface area contributed by atoms with E-state index in [-0.39, 0.29) is 18.3 Å². The van der Waals surface area contributed by atoms with Gasteiger partial charge in [0.15, 0.2) is 11.0 Å². The first-order chi connectivity index (χ1) is 11.6. The minimum Gasteiger partial charge on any atom is -0.344 e. The van der Waals surface area contributed by atoms with Crippen LogP contribution in [-0.2, 0) is 6.54 Å². The maximum absolute atomic E-state index is 13.2. The number of carbonyl (C=O) groups is 1. The van der Waals surface area contributed by atoms with Crippen LogP contribution in [0.1, 0.15) is 20.4 Å². The van der Waals surface area contributed by atoms with Crippen LogP contribution in [0.25, 0.3) is 5.69 Å². The Kier molecular flexibility index (Phi) is 4.96. The standard InChI is InChI=1S/C16H15FN4OS2/c1-10-3-8-13(24-10)15(22)18-9-14-19-20-16(23-2)21(14)12-6-4-11(17)5-7-12/h3-8H,9H2,1-2H3,(H,18,22). The lowest BCUT2D eigenvalue weighted by Crippen LogP contribution is -2.23. The summed E-state index contributed by atoms with van der Waals surface area (Å²) >= 11 is 2.88. The lowest BCUT2D eigenvalue weighted by atomic mass is 10.3. The Labute approximate surface area is 146 Å². The van der Waals surface area contributed by atoms with Gasteiger partial charge in [-0.1, -0.05) is 11.8 Å². The third-order valence-corrected chi connectivity index (χ3v) is 4.97. The van der Waals surface area contributed by atoms with E-state index in [1.807, 2.05) is 23.8 Å². The highest BCUT2D eigenvalue weighted by atomic mass is 32.2. The summed E-state index contributed by atoms with van der Waals surface area (Å²) in [6.07, 6.45) is 1.89. The quantitative estimate of drug-likeness (QED) is 0.707. The molecule has 0 aliphatic heterocycles. The van der Waals surface area contributed by atoms with Crippen molar-refractivity contribution < 1.29 is 9.18 Å². The molecule has 3 aromatic rings. The number of hydrogen-bond acceptors (Lipinski definition) is 5. The lowest BCUT2D eigenvalue weighted by Gasteiger charge is -2.10. The molecule has 24 heavy (non-hydrogen) atoms. The van der Waals surface area contributed by atoms with E-state index < -0.39 is 0 Å². The monoisotopic (exact) mass is 362 g/mol. The Morgan fingerprint density at radius 3 is 2.62 bits per heavy atom. The van der Waals surface area contributed by atoms with Crippen LogP contribution in [0.4, 0.5) is 4.39 Å². The van der Waals surface area contributed by atoms with Gasteiger partial charge >= 0.3 is 0 Å². The predicted molar refractivity (Wildman–Crippen MR) is 93.3 cm³/mol. The molecule has 5 nitrogen and oxygen atoms in total. The fourth-order valence-electron chi connectivity index (χ4n) is 2.20. The number of rotatable bonds is 5. The molecule has 0 saturated carbocycles. The van der Waals surface area contributed by atoms with E-state index >= 15 is 0 Å². The van der Waals surface area contributed by atoms with Crippen LogP contribution in [0.5, 0.6) is 0 Å². The summed E-state index contributed by atoms with van der Waals surface area (Å²) in [5.74, 6) is 0.139. The Morgan fingerprint density at radius 1 is 1.25 bits per heavy atom. The summed E-state index contributed by atoms with van der Waals surface area (Å²) in [5.41, 5.74) is 0.752. The highest BCUT2D eigenvalue weighted by Gasteiger charge is 2.15. The van der Waals surface area contributed by atoms with Gasteiger partial charge in [-0.25, -0.2) is 4.39 Å². The molecule has 0 bridgehead atoms. The van der Waals surface area contributed by atoms with Crippen molar-refractivity contribution >= 4 is 29.0 Å². The molecule has 0 aliphatic carbocycles. The van der Waals surface area contributed by atoms with Crippen molar-refractivity contribution in [3.05, 3.63) is 57.8 Å². The molecule has 0 radical (unpaired) electrons. The van der Waals surface area contributed by atoms with Crippen molar-refractivity contribution in [2.45, 2.75) is 18.6 Å². The van der Waals surface area contributed by atoms with E-state index in [4.69, 9.17) is 0 Å². The van der Waals surface area contributed by atoms with Crippen molar-refractivity contribution in [2.24, 2.45) is 0 Å². The number of nitrogens with zero attached hydrogens (tertiary/aromatic N) is 3. The van der Waals surface area contributed by atoms with Crippen LogP contribution in [0.15, 0.2) is 41.6 Å². The third kappa shape index (κ3) is 3.49. The molecule has 0 atom stereocenters. The van der Waals surface area contributed by atoms with Crippen LogP contribution >= 0.6 is 23.1 Å². The fraction of sp³-hybridized carbons (Fsp3) is 0.188. The number of thiophene rings is 1. The normalized spacial score (nSPS) is 10.8. The second-order valence-electron chi connectivity index (χ2n) is 5.01. The second kappa shape index (κ2) is 7.14. The van der Waals surface area contributed by atoms with E-state index in [1.54, 1.807) is 18.2 Å². The maximum atomic E-state index is 13.2. The molecule has 8 heteroatoms. The van der Waals surface area contributed by atoms with Crippen molar-refractivity contribution in [2.75, 3.05) is 6.26 Å². The lowest BCUT2D eigenvalue weighted by molar-refractivity contribution is 0.0953. The van der Waals surface area contributed by atoms with Crippen LogP contribution in [0, 0.1) is 12.7 Å². The van der Waals surface area contributed by atoms with Gasteiger partial charge < -0.3 is 5.32 Å². The van der Waals surface area contributed by atoms with Gasteiger partial charge in [0.2, 0.25) is 0 Å². The zero-order valence-corrected chi connectivity index (χ0v) is 14.7. The zero-order valence-electron chi connectivity index (χ0n) is 13.1. The Balaban J connectivity index is 1.82. The minimum atomic E-state index is -0.305. The average Bonchev–Trinajstić information content (AvgIpc) is 3.19. The predicted octanol–water partition coefficient (Wildman–Crippen LogP) is 3.43. The molecule has 1 N–H and O–H groups in total. The van der Waals surface area contributed by atoms with Crippen LogP contribution < -0.4 is 5.32 Å². The summed E-state index contributed by atoms with van der Waals surface area (Å²) in [5, 5.41) is 11.8. The number of amides is 1. The van der Waals surface area contributed by atoms with Gasteiger partial charge in [-0.3, -0.25) is 9.36 Å². The summed E-state index contributed by atoms with van der Waals surface area (Å²) in [6, 6.07) is 9.80. The molecule has 0 saturated heterocycles. The smallest absolute Gasteiger partial charge is 0.261 e. The molecular formula is C16H15FN4OS2. The third-order valence-electron chi connectivity index (χ3n) is 3.34. The number of carbonyl (C=O) groups excluding carboxylic acids is 1. The summed E-state index contributed by atoms with van der Waals surface area (Å²) in [4.78, 5) is 13.9. The SMILES string of the molecule is CSc1nnc(CNC(=O)c2ccc(C)s2)n1-c1ccc(F)cc1. The number of halogens is 1. The number of thioether (sulfide) groups is 1. The van der Waals surface area contributed by atoms with Crippen LogP contribution in [0.2, 0.25) is 0 Å². The van der Waals surface area contributed by atoms with Gasteiger partial charge in [0.25, 0.3) is 5.91 Å². The van der Waals surface area contributed by atoms with Gasteiger partial charge in [-0.15, -0.1) is 21.5 Å². The molecule has 1 aromatic carbocycles. The van der Waals surface area contributed by atoms with Crippen molar-refractivity contribution in [3.63, 3.8) is 0 Å². The highest BCUT2D eigenvalue weighted by Crippen LogP contribution is 2.21. The van der Waals surface area contributed by atoms with Crippen molar-refractivity contribution in [1.82, 2.24) is 20.1 Å². The molecule has 0 spiro atoms. The van der Waals surface area contributed by atoms with Crippen molar-refractivity contribution in [3.8, 4) is 5.69 Å². The highest BCUT2D eigenvalue weighted by molar-refractivity contribution is 7.98. The van der Waals surface area contributed by atoms with E-state index in [1.165, 1.54) is 35.2 Å². The Bertz CT molecular complexity index is 857. The summed E-state index contributed by atoms with van der Waals surface area (Å²) < 4.78 is 15.0. The molecule has 0 aliphatic rings. The van der Waals surface area contributed by atoms with E-state index in [0.29, 0.717) is 15.9 Å². The number of benzene rings is 1. The first-order valence-electron chi connectivity index (χ1n) is 7.17. The summed E-state index contributed by atoms with van der Waals surface area (Å²) in [7, 11) is 0. The molecular weight excluding hydrogens is 347 g/mol. The molecule has 2 heterocycles. The van der Waals surface area contributed by atoms with Gasteiger partial charge in [0.05, 0.1) is 11.4 Å². The first kappa shape index (κ1) is 16.7. The molecule has 0 unspecified atom stereocenters. The Morgan fingerprint density at radius 2 is 2.00 bits per heavy atom. The maximum Gasteiger partial charge on any atom is 0.261 e. The minimum absolute atomic E-state index is 0.146. The summed E-state index contributed by atoms with van der Waals surface area (Å²) in [6.45, 7) is 2.19. The number of hydrogen-bond donors (Lipinski definition) is 1. The van der Waals surface area contributed by atoms with Crippen LogP contribution in [-0.4, -0.2) is 26.9 Å². The first-order valence-corrected chi connectivity index (χ1v) is 9.21. The van der Waals surface area contributed by atoms with E-state index in [0.717, 1.165) is 10.6 Å². The van der Waals surface area contributed by atoms with Gasteiger partial charge in [-0.05, 0) is 49.6 Å². The largest absolute Gasteiger partial charge is 0.344 e. The van der Waals surface area contributed by atoms with Crippen molar-refractivity contribution in [1.29, 1.82) is 0 Å². The number of aromatic nitrogens is 3. The topological polar surface area (TPSA) is 59.8 Å². The second-order valence-corrected chi connectivity index (χ2v) is 7.07. The van der Waals surface area contributed by atoms with Gasteiger partial charge in [-0.2, -0.15) is 0 Å². The fourth-order valence-corrected chi connectivity index (χ4v) is 3.50. The number of aryl methyl sites for hydroxylation is 1.